The molecule has 27 heavy (non-hydrogen) atoms. The molecule has 4 atom stereocenters. The molecule has 4 unspecified atom stereocenters. The molecule has 2 heterocycles. The SMILES string of the molecule is O=C(O)C1C2C=CC(O2)C1C(=O)N(Cc1ccccc1)Cc1ccccc1. The summed E-state index contributed by atoms with van der Waals surface area (Å²) in [6.45, 7) is 0.858. The molecule has 2 aliphatic heterocycles. The van der Waals surface area contributed by atoms with Crippen molar-refractivity contribution in [3.8, 4) is 0 Å². The summed E-state index contributed by atoms with van der Waals surface area (Å²) in [6, 6.07) is 19.5. The van der Waals surface area contributed by atoms with Crippen molar-refractivity contribution in [3.05, 3.63) is 83.9 Å². The van der Waals surface area contributed by atoms with Gasteiger partial charge in [-0.25, -0.2) is 0 Å². The maximum Gasteiger partial charge on any atom is 0.310 e. The summed E-state index contributed by atoms with van der Waals surface area (Å²) < 4.78 is 5.69. The number of aliphatic carboxylic acids is 1. The number of benzene rings is 2. The zero-order valence-electron chi connectivity index (χ0n) is 14.8. The third-order valence-corrected chi connectivity index (χ3v) is 5.21. The standard InChI is InChI=1S/C22H21NO4/c24-21(19-17-11-12-18(27-17)20(19)22(25)26)23(13-15-7-3-1-4-8-15)14-16-9-5-2-6-10-16/h1-12,17-20H,13-14H2,(H,25,26). The van der Waals surface area contributed by atoms with E-state index in [1.165, 1.54) is 0 Å². The molecule has 5 heteroatoms. The van der Waals surface area contributed by atoms with Crippen LogP contribution in [0.2, 0.25) is 0 Å². The Morgan fingerprint density at radius 1 is 0.815 bits per heavy atom. The molecular weight excluding hydrogens is 342 g/mol. The average molecular weight is 363 g/mol. The highest BCUT2D eigenvalue weighted by Crippen LogP contribution is 2.40. The molecule has 4 rings (SSSR count). The van der Waals surface area contributed by atoms with E-state index in [0.29, 0.717) is 13.1 Å². The second-order valence-electron chi connectivity index (χ2n) is 7.01. The number of nitrogens with zero attached hydrogens (tertiary/aromatic N) is 1. The van der Waals surface area contributed by atoms with Crippen molar-refractivity contribution in [2.24, 2.45) is 11.8 Å². The molecule has 0 aromatic heterocycles. The number of carbonyl (C=O) groups is 2. The third kappa shape index (κ3) is 3.51. The molecular formula is C22H21NO4. The molecule has 0 saturated carbocycles. The van der Waals surface area contributed by atoms with Crippen molar-refractivity contribution in [1.82, 2.24) is 4.90 Å². The molecule has 1 N–H and O–H groups in total. The Morgan fingerprint density at radius 2 is 1.30 bits per heavy atom. The number of carboxylic acids is 1. The molecule has 0 spiro atoms. The minimum atomic E-state index is -0.982. The molecule has 0 aliphatic carbocycles. The van der Waals surface area contributed by atoms with Crippen molar-refractivity contribution < 1.29 is 19.4 Å². The van der Waals surface area contributed by atoms with Gasteiger partial charge in [0.1, 0.15) is 5.92 Å². The topological polar surface area (TPSA) is 66.8 Å². The summed E-state index contributed by atoms with van der Waals surface area (Å²) in [4.78, 5) is 26.9. The van der Waals surface area contributed by atoms with Crippen molar-refractivity contribution in [3.63, 3.8) is 0 Å². The Kier molecular flexibility index (Phi) is 4.77. The summed E-state index contributed by atoms with van der Waals surface area (Å²) in [7, 11) is 0. The van der Waals surface area contributed by atoms with Crippen molar-refractivity contribution in [1.29, 1.82) is 0 Å². The van der Waals surface area contributed by atoms with Crippen molar-refractivity contribution in [2.75, 3.05) is 0 Å². The van der Waals surface area contributed by atoms with Crippen LogP contribution in [0.4, 0.5) is 0 Å². The van der Waals surface area contributed by atoms with E-state index in [1.807, 2.05) is 66.7 Å². The van der Waals surface area contributed by atoms with E-state index in [-0.39, 0.29) is 5.91 Å². The average Bonchev–Trinajstić information content (AvgIpc) is 3.30. The highest BCUT2D eigenvalue weighted by atomic mass is 16.5. The number of amides is 1. The van der Waals surface area contributed by atoms with Crippen LogP contribution in [-0.4, -0.2) is 34.1 Å². The minimum Gasteiger partial charge on any atom is -0.481 e. The van der Waals surface area contributed by atoms with E-state index >= 15 is 0 Å². The lowest BCUT2D eigenvalue weighted by Gasteiger charge is -2.29. The highest BCUT2D eigenvalue weighted by molar-refractivity contribution is 5.87. The van der Waals surface area contributed by atoms with Crippen molar-refractivity contribution in [2.45, 2.75) is 25.3 Å². The van der Waals surface area contributed by atoms with Crippen LogP contribution >= 0.6 is 0 Å². The van der Waals surface area contributed by atoms with Gasteiger partial charge in [0, 0.05) is 13.1 Å². The predicted octanol–water partition coefficient (Wildman–Crippen LogP) is 2.87. The van der Waals surface area contributed by atoms with E-state index < -0.39 is 30.0 Å². The van der Waals surface area contributed by atoms with Crippen LogP contribution in [0, 0.1) is 11.8 Å². The Morgan fingerprint density at radius 3 is 1.78 bits per heavy atom. The zero-order chi connectivity index (χ0) is 18.8. The third-order valence-electron chi connectivity index (χ3n) is 5.21. The minimum absolute atomic E-state index is 0.174. The summed E-state index contributed by atoms with van der Waals surface area (Å²) in [5.74, 6) is -2.68. The van der Waals surface area contributed by atoms with Crippen LogP contribution in [0.1, 0.15) is 11.1 Å². The lowest BCUT2D eigenvalue weighted by Crippen LogP contribution is -2.44. The fourth-order valence-electron chi connectivity index (χ4n) is 3.93. The summed E-state index contributed by atoms with van der Waals surface area (Å²) in [5, 5.41) is 9.63. The molecule has 138 valence electrons. The Hall–Kier alpha value is -2.92. The van der Waals surface area contributed by atoms with E-state index in [2.05, 4.69) is 0 Å². The number of rotatable bonds is 6. The highest BCUT2D eigenvalue weighted by Gasteiger charge is 2.54. The van der Waals surface area contributed by atoms with Crippen LogP contribution in [0.25, 0.3) is 0 Å². The van der Waals surface area contributed by atoms with E-state index in [0.717, 1.165) is 11.1 Å². The first-order chi connectivity index (χ1) is 13.1. The van der Waals surface area contributed by atoms with Gasteiger partial charge in [-0.1, -0.05) is 72.8 Å². The number of fused-ring (bicyclic) bond motifs is 2. The molecule has 2 aromatic carbocycles. The van der Waals surface area contributed by atoms with Crippen molar-refractivity contribution >= 4 is 11.9 Å². The first-order valence-corrected chi connectivity index (χ1v) is 9.07. The second-order valence-corrected chi connectivity index (χ2v) is 7.01. The van der Waals surface area contributed by atoms with Gasteiger partial charge >= 0.3 is 5.97 Å². The zero-order valence-corrected chi connectivity index (χ0v) is 14.8. The number of carbonyl (C=O) groups excluding carboxylic acids is 1. The van der Waals surface area contributed by atoms with Gasteiger partial charge < -0.3 is 14.7 Å². The first kappa shape index (κ1) is 17.5. The maximum atomic E-state index is 13.4. The molecule has 5 nitrogen and oxygen atoms in total. The van der Waals surface area contributed by atoms with Gasteiger partial charge in [0.05, 0.1) is 18.1 Å². The van der Waals surface area contributed by atoms with Crippen LogP contribution in [-0.2, 0) is 27.4 Å². The molecule has 1 amide bonds. The van der Waals surface area contributed by atoms with Gasteiger partial charge in [-0.3, -0.25) is 9.59 Å². The predicted molar refractivity (Wildman–Crippen MR) is 99.6 cm³/mol. The quantitative estimate of drug-likeness (QED) is 0.802. The van der Waals surface area contributed by atoms with Gasteiger partial charge in [0.2, 0.25) is 5.91 Å². The number of ether oxygens (including phenoxy) is 1. The maximum absolute atomic E-state index is 13.4. The molecule has 2 bridgehead atoms. The monoisotopic (exact) mass is 363 g/mol. The molecule has 0 radical (unpaired) electrons. The number of carboxylic acid groups (broad SMARTS) is 1. The second kappa shape index (κ2) is 7.37. The Balaban J connectivity index is 1.62. The summed E-state index contributed by atoms with van der Waals surface area (Å²) >= 11 is 0. The lowest BCUT2D eigenvalue weighted by atomic mass is 9.82. The molecule has 2 aliphatic rings. The van der Waals surface area contributed by atoms with Crippen LogP contribution in [0.3, 0.4) is 0 Å². The fourth-order valence-corrected chi connectivity index (χ4v) is 3.93. The molecule has 1 fully saturated rings. The lowest BCUT2D eigenvalue weighted by molar-refractivity contribution is -0.150. The largest absolute Gasteiger partial charge is 0.481 e. The molecule has 2 aromatic rings. The summed E-state index contributed by atoms with van der Waals surface area (Å²) in [5.41, 5.74) is 2.02. The Bertz CT molecular complexity index is 808. The normalized spacial score (nSPS) is 25.5. The fraction of sp³-hybridized carbons (Fsp3) is 0.273. The molecule has 1 saturated heterocycles. The van der Waals surface area contributed by atoms with Gasteiger partial charge in [-0.2, -0.15) is 0 Å². The van der Waals surface area contributed by atoms with E-state index in [1.54, 1.807) is 11.0 Å². The summed E-state index contributed by atoms with van der Waals surface area (Å²) in [6.07, 6.45) is 2.59. The van der Waals surface area contributed by atoms with Gasteiger partial charge in [-0.15, -0.1) is 0 Å². The van der Waals surface area contributed by atoms with Crippen LogP contribution in [0.5, 0.6) is 0 Å². The van der Waals surface area contributed by atoms with E-state index in [4.69, 9.17) is 4.74 Å². The van der Waals surface area contributed by atoms with Gasteiger partial charge in [-0.05, 0) is 11.1 Å². The number of hydrogen-bond donors (Lipinski definition) is 1. The van der Waals surface area contributed by atoms with Crippen LogP contribution in [0.15, 0.2) is 72.8 Å². The number of hydrogen-bond acceptors (Lipinski definition) is 3. The van der Waals surface area contributed by atoms with Crippen LogP contribution < -0.4 is 0 Å². The Labute approximate surface area is 157 Å². The first-order valence-electron chi connectivity index (χ1n) is 9.07. The van der Waals surface area contributed by atoms with E-state index in [9.17, 15) is 14.7 Å². The smallest absolute Gasteiger partial charge is 0.310 e. The van der Waals surface area contributed by atoms with Gasteiger partial charge in [0.15, 0.2) is 0 Å². The van der Waals surface area contributed by atoms with Gasteiger partial charge in [0.25, 0.3) is 0 Å².